The lowest BCUT2D eigenvalue weighted by Crippen LogP contribution is -2.38. The Morgan fingerprint density at radius 1 is 1.47 bits per heavy atom. The molecule has 0 bridgehead atoms. The number of carbonyl (C=O) groups is 1. The van der Waals surface area contributed by atoms with Crippen LogP contribution in [0.4, 0.5) is 4.79 Å². The molecule has 0 aromatic rings. The van der Waals surface area contributed by atoms with Gasteiger partial charge >= 0.3 is 6.09 Å². The van der Waals surface area contributed by atoms with E-state index in [1.807, 2.05) is 25.7 Å². The molecule has 0 radical (unpaired) electrons. The van der Waals surface area contributed by atoms with Crippen LogP contribution in [0, 0.1) is 11.3 Å². The normalized spacial score (nSPS) is 32.0. The Bertz CT molecular complexity index is 303. The summed E-state index contributed by atoms with van der Waals surface area (Å²) in [5, 5.41) is 3.39. The number of nitrogens with one attached hydrogen (secondary N) is 1. The summed E-state index contributed by atoms with van der Waals surface area (Å²) < 4.78 is 5.40. The molecule has 2 aliphatic rings. The summed E-state index contributed by atoms with van der Waals surface area (Å²) in [6.07, 6.45) is -0.164. The number of fused-ring (bicyclic) bond motifs is 1. The van der Waals surface area contributed by atoms with E-state index in [-0.39, 0.29) is 23.9 Å². The van der Waals surface area contributed by atoms with E-state index >= 15 is 0 Å². The van der Waals surface area contributed by atoms with Gasteiger partial charge in [-0.1, -0.05) is 6.92 Å². The fourth-order valence-electron chi connectivity index (χ4n) is 2.62. The van der Waals surface area contributed by atoms with Crippen molar-refractivity contribution in [3.05, 3.63) is 0 Å². The maximum Gasteiger partial charge on any atom is 0.410 e. The van der Waals surface area contributed by atoms with E-state index in [0.29, 0.717) is 5.92 Å². The minimum Gasteiger partial charge on any atom is -0.444 e. The standard InChI is InChI=1S/C12H22N2O2.ClH/c1-11(2,3)16-10(15)14-6-9-5-13-7-12(9,4)8-14;/h9,13H,5-8H2,1-4H3;1H/t9-,12+;/m1./s1. The summed E-state index contributed by atoms with van der Waals surface area (Å²) in [6.45, 7) is 11.7. The monoisotopic (exact) mass is 262 g/mol. The molecule has 2 rings (SSSR count). The summed E-state index contributed by atoms with van der Waals surface area (Å²) in [4.78, 5) is 13.8. The van der Waals surface area contributed by atoms with Crippen molar-refractivity contribution in [3.8, 4) is 0 Å². The van der Waals surface area contributed by atoms with E-state index in [1.165, 1.54) is 0 Å². The van der Waals surface area contributed by atoms with Gasteiger partial charge in [-0.25, -0.2) is 4.79 Å². The van der Waals surface area contributed by atoms with Crippen LogP contribution in [0.1, 0.15) is 27.7 Å². The highest BCUT2D eigenvalue weighted by Gasteiger charge is 2.48. The maximum absolute atomic E-state index is 11.9. The summed E-state index contributed by atoms with van der Waals surface area (Å²) >= 11 is 0. The molecule has 2 atom stereocenters. The lowest BCUT2D eigenvalue weighted by atomic mass is 9.83. The van der Waals surface area contributed by atoms with Gasteiger partial charge in [0.25, 0.3) is 0 Å². The average Bonchev–Trinajstić information content (AvgIpc) is 2.55. The number of halogens is 1. The SMILES string of the molecule is CC(C)(C)OC(=O)N1C[C@H]2CNC[C@@]2(C)C1.Cl. The van der Waals surface area contributed by atoms with Gasteiger partial charge in [0.05, 0.1) is 0 Å². The fourth-order valence-corrected chi connectivity index (χ4v) is 2.62. The zero-order chi connectivity index (χ0) is 12.0. The Kier molecular flexibility index (Phi) is 3.99. The van der Waals surface area contributed by atoms with E-state index in [1.54, 1.807) is 0 Å². The van der Waals surface area contributed by atoms with Gasteiger partial charge in [0.2, 0.25) is 0 Å². The minimum absolute atomic E-state index is 0. The van der Waals surface area contributed by atoms with E-state index in [4.69, 9.17) is 4.74 Å². The van der Waals surface area contributed by atoms with E-state index in [0.717, 1.165) is 26.2 Å². The Labute approximate surface area is 109 Å². The molecule has 0 spiro atoms. The third kappa shape index (κ3) is 3.05. The summed E-state index contributed by atoms with van der Waals surface area (Å²) in [6, 6.07) is 0. The first-order chi connectivity index (χ1) is 7.30. The molecule has 2 fully saturated rings. The van der Waals surface area contributed by atoms with Crippen molar-refractivity contribution < 1.29 is 9.53 Å². The largest absolute Gasteiger partial charge is 0.444 e. The molecule has 4 nitrogen and oxygen atoms in total. The first-order valence-electron chi connectivity index (χ1n) is 5.99. The molecule has 0 aromatic heterocycles. The van der Waals surface area contributed by atoms with Gasteiger partial charge in [-0.15, -0.1) is 12.4 Å². The van der Waals surface area contributed by atoms with Crippen molar-refractivity contribution in [2.75, 3.05) is 26.2 Å². The van der Waals surface area contributed by atoms with Gasteiger partial charge < -0.3 is 15.0 Å². The lowest BCUT2D eigenvalue weighted by Gasteiger charge is -2.26. The Morgan fingerprint density at radius 3 is 2.65 bits per heavy atom. The predicted molar refractivity (Wildman–Crippen MR) is 69.5 cm³/mol. The van der Waals surface area contributed by atoms with Crippen LogP contribution in [0.25, 0.3) is 0 Å². The first-order valence-corrected chi connectivity index (χ1v) is 5.99. The van der Waals surface area contributed by atoms with E-state index < -0.39 is 5.60 Å². The molecular weight excluding hydrogens is 240 g/mol. The first kappa shape index (κ1) is 14.6. The van der Waals surface area contributed by atoms with Crippen LogP contribution in [-0.2, 0) is 4.74 Å². The third-order valence-corrected chi connectivity index (χ3v) is 3.55. The molecule has 0 aliphatic carbocycles. The second-order valence-corrected chi connectivity index (χ2v) is 6.34. The molecular formula is C12H23ClN2O2. The molecule has 2 saturated heterocycles. The maximum atomic E-state index is 11.9. The van der Waals surface area contributed by atoms with Crippen LogP contribution in [0.5, 0.6) is 0 Å². The molecule has 0 aromatic carbocycles. The number of hydrogen-bond donors (Lipinski definition) is 1. The van der Waals surface area contributed by atoms with Gasteiger partial charge in [0.15, 0.2) is 0 Å². The number of nitrogens with zero attached hydrogens (tertiary/aromatic N) is 1. The molecule has 1 N–H and O–H groups in total. The van der Waals surface area contributed by atoms with Crippen LogP contribution in [0.15, 0.2) is 0 Å². The Morgan fingerprint density at radius 2 is 2.12 bits per heavy atom. The minimum atomic E-state index is -0.395. The summed E-state index contributed by atoms with van der Waals surface area (Å²) in [7, 11) is 0. The molecule has 0 unspecified atom stereocenters. The summed E-state index contributed by atoms with van der Waals surface area (Å²) in [5.74, 6) is 0.583. The van der Waals surface area contributed by atoms with Crippen LogP contribution in [-0.4, -0.2) is 42.8 Å². The second kappa shape index (κ2) is 4.65. The summed E-state index contributed by atoms with van der Waals surface area (Å²) in [5.41, 5.74) is -0.148. The average molecular weight is 263 g/mol. The number of likely N-dealkylation sites (tertiary alicyclic amines) is 1. The number of carbonyl (C=O) groups excluding carboxylic acids is 1. The highest BCUT2D eigenvalue weighted by atomic mass is 35.5. The molecule has 1 amide bonds. The smallest absolute Gasteiger partial charge is 0.410 e. The molecule has 2 heterocycles. The molecule has 0 saturated carbocycles. The van der Waals surface area contributed by atoms with Gasteiger partial charge in [0, 0.05) is 31.6 Å². The predicted octanol–water partition coefficient (Wildman–Crippen LogP) is 1.88. The van der Waals surface area contributed by atoms with Crippen molar-refractivity contribution in [2.45, 2.75) is 33.3 Å². The van der Waals surface area contributed by atoms with Gasteiger partial charge in [-0.05, 0) is 26.7 Å². The van der Waals surface area contributed by atoms with Crippen molar-refractivity contribution in [2.24, 2.45) is 11.3 Å². The van der Waals surface area contributed by atoms with Crippen LogP contribution in [0.3, 0.4) is 0 Å². The highest BCUT2D eigenvalue weighted by molar-refractivity contribution is 5.85. The highest BCUT2D eigenvalue weighted by Crippen LogP contribution is 2.38. The molecule has 100 valence electrons. The van der Waals surface area contributed by atoms with Crippen LogP contribution >= 0.6 is 12.4 Å². The molecule has 17 heavy (non-hydrogen) atoms. The van der Waals surface area contributed by atoms with Crippen molar-refractivity contribution in [1.82, 2.24) is 10.2 Å². The van der Waals surface area contributed by atoms with E-state index in [9.17, 15) is 4.79 Å². The van der Waals surface area contributed by atoms with Crippen LogP contribution in [0.2, 0.25) is 0 Å². The zero-order valence-corrected chi connectivity index (χ0v) is 11.9. The second-order valence-electron chi connectivity index (χ2n) is 6.34. The van der Waals surface area contributed by atoms with Gasteiger partial charge in [0.1, 0.15) is 5.60 Å². The number of ether oxygens (including phenoxy) is 1. The Hall–Kier alpha value is -0.480. The Balaban J connectivity index is 0.00000144. The number of rotatable bonds is 0. The van der Waals surface area contributed by atoms with Gasteiger partial charge in [-0.3, -0.25) is 0 Å². The fraction of sp³-hybridized carbons (Fsp3) is 0.917. The third-order valence-electron chi connectivity index (χ3n) is 3.55. The quantitative estimate of drug-likeness (QED) is 0.725. The topological polar surface area (TPSA) is 41.6 Å². The van der Waals surface area contributed by atoms with Crippen molar-refractivity contribution in [1.29, 1.82) is 0 Å². The van der Waals surface area contributed by atoms with Crippen LogP contribution < -0.4 is 5.32 Å². The number of amides is 1. The zero-order valence-electron chi connectivity index (χ0n) is 11.1. The lowest BCUT2D eigenvalue weighted by molar-refractivity contribution is 0.0272. The number of hydrogen-bond acceptors (Lipinski definition) is 3. The molecule has 5 heteroatoms. The molecule has 2 aliphatic heterocycles. The van der Waals surface area contributed by atoms with Gasteiger partial charge in [-0.2, -0.15) is 0 Å². The van der Waals surface area contributed by atoms with Crippen molar-refractivity contribution in [3.63, 3.8) is 0 Å². The van der Waals surface area contributed by atoms with E-state index in [2.05, 4.69) is 12.2 Å². The van der Waals surface area contributed by atoms with Crippen molar-refractivity contribution >= 4 is 18.5 Å².